The highest BCUT2D eigenvalue weighted by atomic mass is 16.2. The maximum absolute atomic E-state index is 11.8. The molecule has 0 aromatic heterocycles. The Morgan fingerprint density at radius 2 is 1.94 bits per heavy atom. The highest BCUT2D eigenvalue weighted by Gasteiger charge is 2.19. The van der Waals surface area contributed by atoms with Gasteiger partial charge in [0.1, 0.15) is 0 Å². The van der Waals surface area contributed by atoms with Gasteiger partial charge < -0.3 is 10.6 Å². The molecule has 0 unspecified atom stereocenters. The number of carbonyl (C=O) groups is 1. The summed E-state index contributed by atoms with van der Waals surface area (Å²) < 4.78 is 0. The van der Waals surface area contributed by atoms with Crippen molar-refractivity contribution < 1.29 is 4.79 Å². The molecule has 2 N–H and O–H groups in total. The van der Waals surface area contributed by atoms with Gasteiger partial charge >= 0.3 is 0 Å². The molecule has 0 radical (unpaired) electrons. The van der Waals surface area contributed by atoms with Crippen molar-refractivity contribution in [3.05, 3.63) is 12.3 Å². The van der Waals surface area contributed by atoms with E-state index in [1.54, 1.807) is 0 Å². The molecule has 1 aliphatic rings. The van der Waals surface area contributed by atoms with Crippen LogP contribution in [-0.2, 0) is 4.79 Å². The first kappa shape index (κ1) is 16.7. The Kier molecular flexibility index (Phi) is 8.97. The van der Waals surface area contributed by atoms with Gasteiger partial charge in [0.05, 0.1) is 6.34 Å². The van der Waals surface area contributed by atoms with Crippen LogP contribution >= 0.6 is 0 Å². The fourth-order valence-electron chi connectivity index (χ4n) is 1.84. The largest absolute Gasteiger partial charge is 0.390 e. The molecule has 0 aromatic carbocycles. The minimum atomic E-state index is 0.209. The first-order valence-corrected chi connectivity index (χ1v) is 6.83. The highest BCUT2D eigenvalue weighted by Crippen LogP contribution is 2.17. The van der Waals surface area contributed by atoms with Gasteiger partial charge in [-0.25, -0.2) is 4.99 Å². The molecule has 1 heterocycles. The van der Waals surface area contributed by atoms with Gasteiger partial charge in [-0.15, -0.1) is 0 Å². The summed E-state index contributed by atoms with van der Waals surface area (Å²) in [6, 6.07) is 0. The second-order valence-corrected chi connectivity index (χ2v) is 4.41. The molecule has 4 nitrogen and oxygen atoms in total. The number of amides is 1. The fourth-order valence-corrected chi connectivity index (χ4v) is 1.84. The van der Waals surface area contributed by atoms with Crippen LogP contribution in [0.3, 0.4) is 0 Å². The number of hydrogen-bond acceptors (Lipinski definition) is 2. The van der Waals surface area contributed by atoms with E-state index >= 15 is 0 Å². The van der Waals surface area contributed by atoms with E-state index in [-0.39, 0.29) is 5.91 Å². The van der Waals surface area contributed by atoms with Crippen molar-refractivity contribution in [1.82, 2.24) is 4.90 Å². The second kappa shape index (κ2) is 9.68. The highest BCUT2D eigenvalue weighted by molar-refractivity contribution is 5.76. The average Bonchev–Trinajstić information content (AvgIpc) is 2.39. The van der Waals surface area contributed by atoms with E-state index in [4.69, 9.17) is 5.73 Å². The lowest BCUT2D eigenvalue weighted by molar-refractivity contribution is -0.132. The zero-order chi connectivity index (χ0) is 14.0. The van der Waals surface area contributed by atoms with Crippen LogP contribution in [-0.4, -0.2) is 30.2 Å². The molecule has 0 bridgehead atoms. The van der Waals surface area contributed by atoms with E-state index in [9.17, 15) is 4.79 Å². The minimum Gasteiger partial charge on any atom is -0.390 e. The Morgan fingerprint density at radius 1 is 1.39 bits per heavy atom. The van der Waals surface area contributed by atoms with Gasteiger partial charge in [0.2, 0.25) is 5.91 Å². The molecule has 18 heavy (non-hydrogen) atoms. The van der Waals surface area contributed by atoms with E-state index in [0.29, 0.717) is 18.5 Å². The summed E-state index contributed by atoms with van der Waals surface area (Å²) >= 11 is 0. The molecule has 0 aliphatic carbocycles. The maximum Gasteiger partial charge on any atom is 0.222 e. The summed E-state index contributed by atoms with van der Waals surface area (Å²) in [6.45, 7) is 11.8. The molecular weight excluding hydrogens is 226 g/mol. The summed E-state index contributed by atoms with van der Waals surface area (Å²) in [7, 11) is 0. The van der Waals surface area contributed by atoms with E-state index in [2.05, 4.69) is 18.5 Å². The summed E-state index contributed by atoms with van der Waals surface area (Å²) in [6.07, 6.45) is 4.54. The van der Waals surface area contributed by atoms with Crippen molar-refractivity contribution in [3.8, 4) is 0 Å². The van der Waals surface area contributed by atoms with Crippen molar-refractivity contribution in [3.63, 3.8) is 0 Å². The van der Waals surface area contributed by atoms with Crippen LogP contribution in [0.15, 0.2) is 17.3 Å². The number of rotatable bonds is 4. The van der Waals surface area contributed by atoms with E-state index < -0.39 is 0 Å². The van der Waals surface area contributed by atoms with Crippen LogP contribution < -0.4 is 5.73 Å². The van der Waals surface area contributed by atoms with Crippen LogP contribution in [0.25, 0.3) is 0 Å². The molecule has 4 heteroatoms. The fraction of sp³-hybridized carbons (Fsp3) is 0.714. The van der Waals surface area contributed by atoms with Crippen LogP contribution in [0.2, 0.25) is 0 Å². The number of nitrogens with zero attached hydrogens (tertiary/aromatic N) is 2. The number of hydrogen-bond donors (Lipinski definition) is 1. The zero-order valence-electron chi connectivity index (χ0n) is 12.0. The number of nitrogens with two attached hydrogens (primary N) is 1. The first-order chi connectivity index (χ1) is 8.63. The number of aliphatic imine (C=N–C) groups is 1. The summed E-state index contributed by atoms with van der Waals surface area (Å²) in [5, 5.41) is 0. The second-order valence-electron chi connectivity index (χ2n) is 4.41. The number of likely N-dealkylation sites (tertiary alicyclic amines) is 1. The van der Waals surface area contributed by atoms with Crippen molar-refractivity contribution in [2.24, 2.45) is 16.6 Å². The van der Waals surface area contributed by atoms with Crippen molar-refractivity contribution in [1.29, 1.82) is 0 Å². The molecule has 0 aromatic rings. The predicted octanol–water partition coefficient (Wildman–Crippen LogP) is 2.55. The Labute approximate surface area is 111 Å². The van der Waals surface area contributed by atoms with Crippen molar-refractivity contribution in [2.45, 2.75) is 46.5 Å². The monoisotopic (exact) mass is 253 g/mol. The van der Waals surface area contributed by atoms with Gasteiger partial charge in [0, 0.05) is 25.2 Å². The maximum atomic E-state index is 11.8. The molecule has 0 atom stereocenters. The van der Waals surface area contributed by atoms with Gasteiger partial charge in [-0.2, -0.15) is 0 Å². The predicted molar refractivity (Wildman–Crippen MR) is 77.4 cm³/mol. The van der Waals surface area contributed by atoms with Crippen LogP contribution in [0, 0.1) is 5.92 Å². The SMILES string of the molecule is C=C(CCC(=O)N1CCC(C)CC1)N=CN.CC. The van der Waals surface area contributed by atoms with Gasteiger partial charge in [0.25, 0.3) is 0 Å². The molecule has 1 fully saturated rings. The number of piperidine rings is 1. The van der Waals surface area contributed by atoms with Crippen LogP contribution in [0.4, 0.5) is 0 Å². The summed E-state index contributed by atoms with van der Waals surface area (Å²) in [4.78, 5) is 17.6. The third-order valence-corrected chi connectivity index (χ3v) is 3.02. The summed E-state index contributed by atoms with van der Waals surface area (Å²) in [5.41, 5.74) is 5.81. The smallest absolute Gasteiger partial charge is 0.222 e. The van der Waals surface area contributed by atoms with E-state index in [1.807, 2.05) is 18.7 Å². The van der Waals surface area contributed by atoms with E-state index in [1.165, 1.54) is 6.34 Å². The molecule has 1 amide bonds. The average molecular weight is 253 g/mol. The minimum absolute atomic E-state index is 0.209. The number of allylic oxidation sites excluding steroid dienone is 1. The van der Waals surface area contributed by atoms with Crippen molar-refractivity contribution in [2.75, 3.05) is 13.1 Å². The van der Waals surface area contributed by atoms with Gasteiger partial charge in [-0.3, -0.25) is 4.79 Å². The zero-order valence-corrected chi connectivity index (χ0v) is 12.0. The molecular formula is C14H27N3O. The van der Waals surface area contributed by atoms with Crippen molar-refractivity contribution >= 4 is 12.2 Å². The lowest BCUT2D eigenvalue weighted by Gasteiger charge is -2.30. The molecule has 1 saturated heterocycles. The number of carbonyl (C=O) groups excluding carboxylic acids is 1. The topological polar surface area (TPSA) is 58.7 Å². The Hall–Kier alpha value is -1.32. The lowest BCUT2D eigenvalue weighted by Crippen LogP contribution is -2.37. The Balaban J connectivity index is 0.00000137. The van der Waals surface area contributed by atoms with Crippen LogP contribution in [0.1, 0.15) is 46.5 Å². The normalized spacial score (nSPS) is 16.3. The summed E-state index contributed by atoms with van der Waals surface area (Å²) in [5.74, 6) is 0.959. The molecule has 0 spiro atoms. The molecule has 104 valence electrons. The van der Waals surface area contributed by atoms with Gasteiger partial charge in [-0.1, -0.05) is 27.4 Å². The van der Waals surface area contributed by atoms with E-state index in [0.717, 1.165) is 31.8 Å². The molecule has 1 rings (SSSR count). The first-order valence-electron chi connectivity index (χ1n) is 6.83. The standard InChI is InChI=1S/C12H21N3O.C2H6/c1-10-5-7-15(8-6-10)12(16)4-3-11(2)14-9-13;1-2/h9-10H,2-8H2,1H3,(H2,13,14);1-2H3. The van der Waals surface area contributed by atoms with Gasteiger partial charge in [-0.05, 0) is 25.2 Å². The molecule has 0 saturated carbocycles. The Morgan fingerprint density at radius 3 is 2.44 bits per heavy atom. The third kappa shape index (κ3) is 6.42. The molecule has 1 aliphatic heterocycles. The quantitative estimate of drug-likeness (QED) is 0.618. The third-order valence-electron chi connectivity index (χ3n) is 3.02. The Bertz CT molecular complexity index is 279. The van der Waals surface area contributed by atoms with Crippen LogP contribution in [0.5, 0.6) is 0 Å². The van der Waals surface area contributed by atoms with Gasteiger partial charge in [0.15, 0.2) is 0 Å². The lowest BCUT2D eigenvalue weighted by atomic mass is 9.99.